The van der Waals surface area contributed by atoms with Crippen LogP contribution in [0.4, 0.5) is 0 Å². The lowest BCUT2D eigenvalue weighted by Gasteiger charge is -2.31. The molecule has 0 aromatic heterocycles. The highest BCUT2D eigenvalue weighted by atomic mass is 32.2. The molecule has 1 unspecified atom stereocenters. The number of hydrogen-bond donors (Lipinski definition) is 5. The molecule has 3 fully saturated rings. The van der Waals surface area contributed by atoms with Crippen LogP contribution < -0.4 is 0 Å². The third-order valence-corrected chi connectivity index (χ3v) is 19.1. The molecule has 0 radical (unpaired) electrons. The molecule has 0 heterocycles. The van der Waals surface area contributed by atoms with E-state index >= 15 is 0 Å². The summed E-state index contributed by atoms with van der Waals surface area (Å²) < 4.78 is 27.0. The van der Waals surface area contributed by atoms with Gasteiger partial charge < -0.3 is 25.5 Å². The first-order valence-corrected chi connectivity index (χ1v) is 29.2. The second-order valence-corrected chi connectivity index (χ2v) is 26.7. The summed E-state index contributed by atoms with van der Waals surface area (Å²) in [6.07, 6.45) is 19.2. The molecule has 5 aromatic rings. The fourth-order valence-electron chi connectivity index (χ4n) is 12.8. The number of hydrogen-bond acceptors (Lipinski definition) is 7. The fraction of sp³-hybridized carbons (Fsp3) is 0.538. The second-order valence-electron chi connectivity index (χ2n) is 24.8. The van der Waals surface area contributed by atoms with Crippen molar-refractivity contribution in [1.82, 2.24) is 0 Å². The Morgan fingerprint density at radius 2 is 0.712 bits per heavy atom. The zero-order chi connectivity index (χ0) is 53.3. The van der Waals surface area contributed by atoms with Crippen LogP contribution in [0.1, 0.15) is 253 Å². The zero-order valence-corrected chi connectivity index (χ0v) is 47.3. The van der Waals surface area contributed by atoms with Crippen molar-refractivity contribution in [3.05, 3.63) is 133 Å². The number of benzene rings is 5. The largest absolute Gasteiger partial charge is 0.508 e. The van der Waals surface area contributed by atoms with E-state index < -0.39 is 20.7 Å². The summed E-state index contributed by atoms with van der Waals surface area (Å²) in [5.74, 6) is 3.25. The van der Waals surface area contributed by atoms with Crippen LogP contribution in [0, 0.1) is 34.6 Å². The van der Waals surface area contributed by atoms with Gasteiger partial charge in [-0.15, -0.1) is 0 Å². The molecule has 3 saturated carbocycles. The third kappa shape index (κ3) is 12.4. The van der Waals surface area contributed by atoms with Crippen molar-refractivity contribution in [2.24, 2.45) is 0 Å². The molecule has 8 heteroatoms. The first kappa shape index (κ1) is 55.8. The second kappa shape index (κ2) is 22.5. The van der Waals surface area contributed by atoms with Crippen molar-refractivity contribution in [2.45, 2.75) is 236 Å². The molecule has 7 nitrogen and oxygen atoms in total. The van der Waals surface area contributed by atoms with E-state index in [1.807, 2.05) is 59.7 Å². The lowest BCUT2D eigenvalue weighted by atomic mass is 9.74. The van der Waals surface area contributed by atoms with Crippen LogP contribution >= 0.6 is 0 Å². The van der Waals surface area contributed by atoms with Gasteiger partial charge in [-0.05, 0) is 218 Å². The van der Waals surface area contributed by atoms with Crippen LogP contribution in [0.15, 0.2) is 70.5 Å². The van der Waals surface area contributed by atoms with E-state index in [0.717, 1.165) is 59.9 Å². The molecule has 3 aliphatic carbocycles. The van der Waals surface area contributed by atoms with Gasteiger partial charge in [0.25, 0.3) is 0 Å². The summed E-state index contributed by atoms with van der Waals surface area (Å²) in [6.45, 7) is 23.8. The number of phenols is 5. The first-order chi connectivity index (χ1) is 34.3. The van der Waals surface area contributed by atoms with Crippen molar-refractivity contribution in [3.8, 4) is 28.7 Å². The fourth-order valence-corrected chi connectivity index (χ4v) is 14.6. The van der Waals surface area contributed by atoms with Crippen molar-refractivity contribution in [2.75, 3.05) is 0 Å². The Balaban J connectivity index is 0.000000247. The standard InChI is InChI=1S/C43H58O3.C22H30O4S/c1-27(34-24-37(41(44)21-28(34)2)31-14-8-5-9-15-31)20-40(35-25-38(42(45)22-29(35)3)32-16-10-6-11-17-32)36-26-39(43(46)23-30(36)4)33-18-12-7-13-19-33;1-13-9-17(23)15(21(3,4)5)11-19(13)27(25,26)20-12-16(22(6,7)8)18(24)10-14(20)2/h21-27,31-33,40,44-46H,5-20H2,1-4H3;9-12,23-24H,1-8H3. The van der Waals surface area contributed by atoms with Gasteiger partial charge in [0.05, 0.1) is 9.79 Å². The van der Waals surface area contributed by atoms with Gasteiger partial charge in [-0.2, -0.15) is 0 Å². The maximum Gasteiger partial charge on any atom is 0.207 e. The number of sulfone groups is 1. The summed E-state index contributed by atoms with van der Waals surface area (Å²) in [5.41, 5.74) is 12.2. The molecule has 396 valence electrons. The Morgan fingerprint density at radius 3 is 1.03 bits per heavy atom. The van der Waals surface area contributed by atoms with E-state index in [2.05, 4.69) is 45.9 Å². The van der Waals surface area contributed by atoms with Gasteiger partial charge >= 0.3 is 0 Å². The van der Waals surface area contributed by atoms with E-state index in [1.54, 1.807) is 26.0 Å². The minimum Gasteiger partial charge on any atom is -0.508 e. The number of rotatable bonds is 10. The van der Waals surface area contributed by atoms with Gasteiger partial charge in [-0.1, -0.05) is 124 Å². The highest BCUT2D eigenvalue weighted by molar-refractivity contribution is 7.91. The molecule has 1 atom stereocenters. The molecule has 8 rings (SSSR count). The predicted molar refractivity (Wildman–Crippen MR) is 299 cm³/mol. The van der Waals surface area contributed by atoms with E-state index in [0.29, 0.717) is 57.3 Å². The SMILES string of the molecule is Cc1cc(O)c(C(C)(C)C)cc1S(=O)(=O)c1cc(C(C)(C)C)c(O)cc1C.Cc1cc(O)c(C2CCCCC2)cc1C(C)CC(c1cc(C2CCCCC2)c(O)cc1C)c1cc(C2CCCCC2)c(O)cc1C. The van der Waals surface area contributed by atoms with Crippen molar-refractivity contribution in [3.63, 3.8) is 0 Å². The minimum atomic E-state index is -3.82. The van der Waals surface area contributed by atoms with Crippen LogP contribution in [0.3, 0.4) is 0 Å². The molecule has 3 aliphatic rings. The lowest BCUT2D eigenvalue weighted by molar-refractivity contribution is 0.412. The van der Waals surface area contributed by atoms with Crippen LogP contribution in [0.25, 0.3) is 0 Å². The summed E-state index contributed by atoms with van der Waals surface area (Å²) in [5, 5.41) is 54.2. The first-order valence-electron chi connectivity index (χ1n) is 27.7. The summed E-state index contributed by atoms with van der Waals surface area (Å²) in [4.78, 5) is 0.359. The number of aromatic hydroxyl groups is 5. The quantitative estimate of drug-likeness (QED) is 0.0940. The van der Waals surface area contributed by atoms with Crippen LogP contribution in [0.2, 0.25) is 0 Å². The van der Waals surface area contributed by atoms with Crippen LogP contribution in [-0.4, -0.2) is 34.0 Å². The van der Waals surface area contributed by atoms with Gasteiger partial charge in [0.2, 0.25) is 9.84 Å². The summed E-state index contributed by atoms with van der Waals surface area (Å²) >= 11 is 0. The average molecular weight is 1010 g/mol. The molecule has 73 heavy (non-hydrogen) atoms. The van der Waals surface area contributed by atoms with E-state index in [9.17, 15) is 34.0 Å². The van der Waals surface area contributed by atoms with Crippen LogP contribution in [-0.2, 0) is 20.7 Å². The normalized spacial score (nSPS) is 17.1. The Morgan fingerprint density at radius 1 is 0.425 bits per heavy atom. The van der Waals surface area contributed by atoms with Gasteiger partial charge in [-0.25, -0.2) is 8.42 Å². The van der Waals surface area contributed by atoms with E-state index in [-0.39, 0.29) is 33.1 Å². The Labute approximate surface area is 439 Å². The molecular weight excluding hydrogens is 925 g/mol. The lowest BCUT2D eigenvalue weighted by Crippen LogP contribution is -2.16. The molecule has 5 N–H and O–H groups in total. The Bertz CT molecular complexity index is 2730. The smallest absolute Gasteiger partial charge is 0.207 e. The Kier molecular flexibility index (Phi) is 17.2. The monoisotopic (exact) mass is 1010 g/mol. The molecular formula is C65H88O7S. The third-order valence-electron chi connectivity index (χ3n) is 17.0. The molecule has 0 bridgehead atoms. The van der Waals surface area contributed by atoms with Crippen molar-refractivity contribution >= 4 is 9.84 Å². The van der Waals surface area contributed by atoms with Gasteiger partial charge in [0.15, 0.2) is 0 Å². The van der Waals surface area contributed by atoms with Crippen molar-refractivity contribution < 1.29 is 34.0 Å². The van der Waals surface area contributed by atoms with Gasteiger partial charge in [0, 0.05) is 17.0 Å². The molecule has 0 amide bonds. The molecule has 5 aromatic carbocycles. The van der Waals surface area contributed by atoms with Crippen LogP contribution in [0.5, 0.6) is 28.7 Å². The number of phenolic OH excluding ortho intramolecular Hbond substituents is 5. The van der Waals surface area contributed by atoms with E-state index in [1.165, 1.54) is 105 Å². The minimum absolute atomic E-state index is 0.0942. The van der Waals surface area contributed by atoms with Gasteiger partial charge in [-0.3, -0.25) is 0 Å². The summed E-state index contributed by atoms with van der Waals surface area (Å²) in [7, 11) is -3.82. The summed E-state index contributed by atoms with van der Waals surface area (Å²) in [6, 6.07) is 19.3. The predicted octanol–water partition coefficient (Wildman–Crippen LogP) is 17.3. The number of aryl methyl sites for hydroxylation is 5. The molecule has 0 spiro atoms. The molecule has 0 saturated heterocycles. The van der Waals surface area contributed by atoms with Gasteiger partial charge in [0.1, 0.15) is 28.7 Å². The highest BCUT2D eigenvalue weighted by Gasteiger charge is 2.32. The maximum absolute atomic E-state index is 13.5. The maximum atomic E-state index is 13.5. The van der Waals surface area contributed by atoms with E-state index in [4.69, 9.17) is 0 Å². The highest BCUT2D eigenvalue weighted by Crippen LogP contribution is 2.48. The topological polar surface area (TPSA) is 135 Å². The Hall–Kier alpha value is -4.95. The molecule has 0 aliphatic heterocycles. The van der Waals surface area contributed by atoms with Crippen molar-refractivity contribution in [1.29, 1.82) is 0 Å². The average Bonchev–Trinajstić information content (AvgIpc) is 3.31. The zero-order valence-electron chi connectivity index (χ0n) is 46.4.